The molecule has 2 aliphatic rings. The highest BCUT2D eigenvalue weighted by Gasteiger charge is 2.22. The molecule has 0 aromatic carbocycles. The minimum atomic E-state index is 0.364. The summed E-state index contributed by atoms with van der Waals surface area (Å²) in [5, 5.41) is 1.26. The Labute approximate surface area is 147 Å². The molecule has 0 spiro atoms. The molecule has 4 rings (SSSR count). The van der Waals surface area contributed by atoms with Crippen LogP contribution in [0.3, 0.4) is 0 Å². The highest BCUT2D eigenvalue weighted by Crippen LogP contribution is 2.28. The molecule has 0 saturated carbocycles. The summed E-state index contributed by atoms with van der Waals surface area (Å²) in [6.45, 7) is 3.66. The van der Waals surface area contributed by atoms with Crippen molar-refractivity contribution in [1.82, 2.24) is 14.9 Å². The van der Waals surface area contributed by atoms with Gasteiger partial charge in [0.1, 0.15) is 5.01 Å². The van der Waals surface area contributed by atoms with Crippen LogP contribution in [0.1, 0.15) is 47.0 Å². The van der Waals surface area contributed by atoms with Gasteiger partial charge in [0.25, 0.3) is 0 Å². The third kappa shape index (κ3) is 4.02. The average Bonchev–Trinajstić information content (AvgIpc) is 3.24. The second-order valence-corrected chi connectivity index (χ2v) is 7.98. The van der Waals surface area contributed by atoms with Gasteiger partial charge >= 0.3 is 0 Å². The van der Waals surface area contributed by atoms with E-state index in [9.17, 15) is 0 Å². The zero-order valence-corrected chi connectivity index (χ0v) is 14.9. The van der Waals surface area contributed by atoms with Gasteiger partial charge in [-0.05, 0) is 50.7 Å². The first-order chi connectivity index (χ1) is 11.9. The van der Waals surface area contributed by atoms with Gasteiger partial charge in [-0.2, -0.15) is 0 Å². The van der Waals surface area contributed by atoms with Gasteiger partial charge in [0.2, 0.25) is 0 Å². The summed E-state index contributed by atoms with van der Waals surface area (Å²) in [5.41, 5.74) is 2.48. The summed E-state index contributed by atoms with van der Waals surface area (Å²) in [6, 6.07) is 6.15. The van der Waals surface area contributed by atoms with E-state index in [0.29, 0.717) is 6.10 Å². The summed E-state index contributed by atoms with van der Waals surface area (Å²) in [6.07, 6.45) is 9.61. The Balaban J connectivity index is 1.47. The lowest BCUT2D eigenvalue weighted by atomic mass is 10.0. The van der Waals surface area contributed by atoms with E-state index in [0.717, 1.165) is 38.4 Å². The van der Waals surface area contributed by atoms with E-state index >= 15 is 0 Å². The third-order valence-electron chi connectivity index (χ3n) is 4.85. The maximum atomic E-state index is 5.86. The second-order valence-electron chi connectivity index (χ2n) is 6.81. The Hall–Kier alpha value is -1.30. The number of nitrogens with zero attached hydrogens (tertiary/aromatic N) is 3. The van der Waals surface area contributed by atoms with Crippen LogP contribution in [0.4, 0.5) is 0 Å². The van der Waals surface area contributed by atoms with Gasteiger partial charge in [0.15, 0.2) is 0 Å². The third-order valence-corrected chi connectivity index (χ3v) is 5.99. The van der Waals surface area contributed by atoms with Crippen LogP contribution in [-0.2, 0) is 30.7 Å². The Kier molecular flexibility index (Phi) is 5.21. The van der Waals surface area contributed by atoms with Crippen molar-refractivity contribution in [2.24, 2.45) is 0 Å². The molecule has 1 saturated heterocycles. The zero-order valence-electron chi connectivity index (χ0n) is 14.1. The fraction of sp³-hybridized carbons (Fsp3) is 0.579. The van der Waals surface area contributed by atoms with Crippen molar-refractivity contribution in [3.63, 3.8) is 0 Å². The first-order valence-electron chi connectivity index (χ1n) is 9.08. The molecule has 5 heteroatoms. The standard InChI is InChI=1S/C19H25N3OS/c1-2-9-18-17(8-1)21-19(24-18)14-22(13-16-7-5-11-23-16)12-15-6-3-4-10-20-15/h3-4,6,10,16H,1-2,5,7-9,11-14H2. The van der Waals surface area contributed by atoms with Crippen molar-refractivity contribution in [3.8, 4) is 0 Å². The van der Waals surface area contributed by atoms with Crippen LogP contribution in [0.2, 0.25) is 0 Å². The smallest absolute Gasteiger partial charge is 0.107 e. The van der Waals surface area contributed by atoms with Crippen LogP contribution in [0.25, 0.3) is 0 Å². The van der Waals surface area contributed by atoms with Gasteiger partial charge in [-0.3, -0.25) is 9.88 Å². The lowest BCUT2D eigenvalue weighted by Crippen LogP contribution is -2.31. The minimum Gasteiger partial charge on any atom is -0.377 e. The number of ether oxygens (including phenoxy) is 1. The van der Waals surface area contributed by atoms with E-state index in [-0.39, 0.29) is 0 Å². The lowest BCUT2D eigenvalue weighted by Gasteiger charge is -2.24. The number of hydrogen-bond donors (Lipinski definition) is 0. The SMILES string of the molecule is c1ccc(CN(Cc2nc3c(s2)CCCC3)CC2CCCO2)nc1. The van der Waals surface area contributed by atoms with Gasteiger partial charge in [0, 0.05) is 30.8 Å². The van der Waals surface area contributed by atoms with Crippen molar-refractivity contribution < 1.29 is 4.74 Å². The van der Waals surface area contributed by atoms with Crippen LogP contribution in [0, 0.1) is 0 Å². The van der Waals surface area contributed by atoms with Crippen LogP contribution in [0.15, 0.2) is 24.4 Å². The topological polar surface area (TPSA) is 38.2 Å². The molecule has 1 atom stereocenters. The number of aromatic nitrogens is 2. The Morgan fingerprint density at radius 2 is 2.12 bits per heavy atom. The Morgan fingerprint density at radius 1 is 1.17 bits per heavy atom. The molecule has 0 radical (unpaired) electrons. The first-order valence-corrected chi connectivity index (χ1v) is 9.90. The number of fused-ring (bicyclic) bond motifs is 1. The van der Waals surface area contributed by atoms with E-state index in [1.54, 1.807) is 0 Å². The fourth-order valence-corrected chi connectivity index (χ4v) is 4.85. The van der Waals surface area contributed by atoms with Gasteiger partial charge in [-0.15, -0.1) is 11.3 Å². The summed E-state index contributed by atoms with van der Waals surface area (Å²) >= 11 is 1.92. The van der Waals surface area contributed by atoms with Gasteiger partial charge in [-0.25, -0.2) is 4.98 Å². The van der Waals surface area contributed by atoms with Crippen LogP contribution >= 0.6 is 11.3 Å². The van der Waals surface area contributed by atoms with Gasteiger partial charge in [0.05, 0.1) is 24.0 Å². The van der Waals surface area contributed by atoms with Crippen molar-refractivity contribution in [3.05, 3.63) is 45.7 Å². The maximum absolute atomic E-state index is 5.86. The normalized spacial score (nSPS) is 20.5. The summed E-state index contributed by atoms with van der Waals surface area (Å²) in [5.74, 6) is 0. The quantitative estimate of drug-likeness (QED) is 0.803. The highest BCUT2D eigenvalue weighted by atomic mass is 32.1. The molecule has 4 nitrogen and oxygen atoms in total. The second kappa shape index (κ2) is 7.72. The molecule has 24 heavy (non-hydrogen) atoms. The van der Waals surface area contributed by atoms with Crippen molar-refractivity contribution >= 4 is 11.3 Å². The summed E-state index contributed by atoms with van der Waals surface area (Å²) in [7, 11) is 0. The predicted octanol–water partition coefficient (Wildman–Crippen LogP) is 3.60. The van der Waals surface area contributed by atoms with Crippen LogP contribution < -0.4 is 0 Å². The molecular weight excluding hydrogens is 318 g/mol. The molecule has 128 valence electrons. The first kappa shape index (κ1) is 16.2. The van der Waals surface area contributed by atoms with E-state index in [2.05, 4.69) is 22.0 Å². The van der Waals surface area contributed by atoms with E-state index in [4.69, 9.17) is 9.72 Å². The molecule has 2 aromatic rings. The number of rotatable bonds is 6. The molecule has 0 amide bonds. The molecule has 0 bridgehead atoms. The molecular formula is C19H25N3OS. The van der Waals surface area contributed by atoms with Crippen molar-refractivity contribution in [2.75, 3.05) is 13.2 Å². The van der Waals surface area contributed by atoms with Crippen molar-refractivity contribution in [2.45, 2.75) is 57.7 Å². The molecule has 3 heterocycles. The molecule has 2 aromatic heterocycles. The monoisotopic (exact) mass is 343 g/mol. The molecule has 1 aliphatic carbocycles. The Morgan fingerprint density at radius 3 is 2.92 bits per heavy atom. The van der Waals surface area contributed by atoms with Gasteiger partial charge in [-0.1, -0.05) is 6.07 Å². The minimum absolute atomic E-state index is 0.364. The number of pyridine rings is 1. The lowest BCUT2D eigenvalue weighted by molar-refractivity contribution is 0.0674. The van der Waals surface area contributed by atoms with E-state index in [1.807, 2.05) is 23.6 Å². The van der Waals surface area contributed by atoms with Crippen molar-refractivity contribution in [1.29, 1.82) is 0 Å². The van der Waals surface area contributed by atoms with E-state index < -0.39 is 0 Å². The predicted molar refractivity (Wildman–Crippen MR) is 96.1 cm³/mol. The molecule has 1 unspecified atom stereocenters. The number of hydrogen-bond acceptors (Lipinski definition) is 5. The summed E-state index contributed by atoms with van der Waals surface area (Å²) in [4.78, 5) is 13.4. The Bertz CT molecular complexity index is 628. The van der Waals surface area contributed by atoms with Gasteiger partial charge < -0.3 is 4.74 Å². The summed E-state index contributed by atoms with van der Waals surface area (Å²) < 4.78 is 5.86. The zero-order chi connectivity index (χ0) is 16.2. The fourth-order valence-electron chi connectivity index (χ4n) is 3.65. The molecule has 1 fully saturated rings. The van der Waals surface area contributed by atoms with Crippen LogP contribution in [0.5, 0.6) is 0 Å². The van der Waals surface area contributed by atoms with E-state index in [1.165, 1.54) is 47.7 Å². The maximum Gasteiger partial charge on any atom is 0.107 e. The average molecular weight is 343 g/mol. The molecule has 0 N–H and O–H groups in total. The largest absolute Gasteiger partial charge is 0.377 e. The number of aryl methyl sites for hydroxylation is 2. The number of thiazole rings is 1. The molecule has 1 aliphatic heterocycles. The van der Waals surface area contributed by atoms with Crippen LogP contribution in [-0.4, -0.2) is 34.1 Å². The highest BCUT2D eigenvalue weighted by molar-refractivity contribution is 7.11.